The number of nitrogens with zero attached hydrogens (tertiary/aromatic N) is 2. The first kappa shape index (κ1) is 16.5. The Kier molecular flexibility index (Phi) is 6.28. The van der Waals surface area contributed by atoms with Gasteiger partial charge in [-0.05, 0) is 44.2 Å². The van der Waals surface area contributed by atoms with Crippen LogP contribution in [0, 0.1) is 11.8 Å². The van der Waals surface area contributed by atoms with Gasteiger partial charge in [0.2, 0.25) is 0 Å². The zero-order valence-corrected chi connectivity index (χ0v) is 14.4. The van der Waals surface area contributed by atoms with Gasteiger partial charge in [0, 0.05) is 18.3 Å². The Morgan fingerprint density at radius 2 is 2.00 bits per heavy atom. The molecule has 0 radical (unpaired) electrons. The summed E-state index contributed by atoms with van der Waals surface area (Å²) in [5.41, 5.74) is 2.69. The van der Waals surface area contributed by atoms with Crippen molar-refractivity contribution in [2.24, 2.45) is 11.8 Å². The lowest BCUT2D eigenvalue weighted by atomic mass is 9.86. The highest BCUT2D eigenvalue weighted by molar-refractivity contribution is 5.11. The van der Waals surface area contributed by atoms with Crippen LogP contribution in [0.5, 0.6) is 0 Å². The normalized spacial score (nSPS) is 17.8. The topological polar surface area (TPSA) is 29.9 Å². The first-order valence-electron chi connectivity index (χ1n) is 8.93. The van der Waals surface area contributed by atoms with Crippen molar-refractivity contribution in [1.29, 1.82) is 0 Å². The molecule has 1 aliphatic carbocycles. The van der Waals surface area contributed by atoms with Crippen LogP contribution in [0.1, 0.15) is 64.8 Å². The van der Waals surface area contributed by atoms with Gasteiger partial charge in [0.15, 0.2) is 0 Å². The van der Waals surface area contributed by atoms with E-state index in [0.29, 0.717) is 6.04 Å². The molecule has 3 heteroatoms. The zero-order valence-electron chi connectivity index (χ0n) is 14.4. The van der Waals surface area contributed by atoms with E-state index in [2.05, 4.69) is 43.8 Å². The quantitative estimate of drug-likeness (QED) is 0.789. The molecule has 1 fully saturated rings. The highest BCUT2D eigenvalue weighted by atomic mass is 15.3. The maximum Gasteiger partial charge on any atom is 0.0624 e. The first-order valence-corrected chi connectivity index (χ1v) is 8.93. The number of hydrogen-bond acceptors (Lipinski definition) is 2. The van der Waals surface area contributed by atoms with E-state index >= 15 is 0 Å². The number of rotatable bonds is 8. The Morgan fingerprint density at radius 3 is 2.57 bits per heavy atom. The fourth-order valence-electron chi connectivity index (χ4n) is 3.62. The number of aromatic nitrogens is 2. The van der Waals surface area contributed by atoms with Crippen molar-refractivity contribution in [3.63, 3.8) is 0 Å². The van der Waals surface area contributed by atoms with Crippen LogP contribution in [0.3, 0.4) is 0 Å². The van der Waals surface area contributed by atoms with Crippen LogP contribution in [-0.2, 0) is 19.4 Å². The highest BCUT2D eigenvalue weighted by Gasteiger charge is 2.26. The molecule has 1 atom stereocenters. The number of hydrogen-bond donors (Lipinski definition) is 1. The molecular weight excluding hydrogens is 258 g/mol. The molecule has 1 aromatic heterocycles. The summed E-state index contributed by atoms with van der Waals surface area (Å²) in [6, 6.07) is 2.91. The van der Waals surface area contributed by atoms with Crippen molar-refractivity contribution in [3.05, 3.63) is 17.5 Å². The van der Waals surface area contributed by atoms with Gasteiger partial charge < -0.3 is 5.32 Å². The predicted molar refractivity (Wildman–Crippen MR) is 89.6 cm³/mol. The van der Waals surface area contributed by atoms with E-state index in [1.807, 2.05) is 0 Å². The fraction of sp³-hybridized carbons (Fsp3) is 0.833. The summed E-state index contributed by atoms with van der Waals surface area (Å²) < 4.78 is 2.22. The van der Waals surface area contributed by atoms with Crippen LogP contribution in [-0.4, -0.2) is 22.4 Å². The van der Waals surface area contributed by atoms with E-state index in [1.165, 1.54) is 43.5 Å². The van der Waals surface area contributed by atoms with Gasteiger partial charge in [0.25, 0.3) is 0 Å². The van der Waals surface area contributed by atoms with Crippen molar-refractivity contribution in [3.8, 4) is 0 Å². The van der Waals surface area contributed by atoms with Crippen LogP contribution in [0.15, 0.2) is 6.07 Å². The van der Waals surface area contributed by atoms with Crippen molar-refractivity contribution >= 4 is 0 Å². The SMILES string of the molecule is CCc1cc(CC(CNC(C)C)C2CCCC2)n(CC)n1. The lowest BCUT2D eigenvalue weighted by Gasteiger charge is -2.25. The van der Waals surface area contributed by atoms with Crippen LogP contribution in [0.4, 0.5) is 0 Å². The van der Waals surface area contributed by atoms with Gasteiger partial charge in [0.1, 0.15) is 0 Å². The molecule has 2 rings (SSSR count). The summed E-state index contributed by atoms with van der Waals surface area (Å²) in [6.45, 7) is 11.0. The summed E-state index contributed by atoms with van der Waals surface area (Å²) in [5.74, 6) is 1.67. The second kappa shape index (κ2) is 7.98. The molecule has 0 aromatic carbocycles. The Hall–Kier alpha value is -0.830. The second-order valence-corrected chi connectivity index (χ2v) is 6.87. The maximum atomic E-state index is 4.72. The largest absolute Gasteiger partial charge is 0.314 e. The lowest BCUT2D eigenvalue weighted by molar-refractivity contribution is 0.307. The molecule has 0 saturated heterocycles. The van der Waals surface area contributed by atoms with Crippen LogP contribution >= 0.6 is 0 Å². The van der Waals surface area contributed by atoms with Crippen molar-refractivity contribution in [2.45, 2.75) is 78.8 Å². The lowest BCUT2D eigenvalue weighted by Crippen LogP contribution is -2.33. The van der Waals surface area contributed by atoms with Gasteiger partial charge in [-0.15, -0.1) is 0 Å². The third-order valence-electron chi connectivity index (χ3n) is 4.90. The minimum absolute atomic E-state index is 0.580. The summed E-state index contributed by atoms with van der Waals surface area (Å²) in [4.78, 5) is 0. The molecule has 0 bridgehead atoms. The fourth-order valence-corrected chi connectivity index (χ4v) is 3.62. The molecule has 1 N–H and O–H groups in total. The Labute approximate surface area is 130 Å². The monoisotopic (exact) mass is 291 g/mol. The minimum atomic E-state index is 0.580. The van der Waals surface area contributed by atoms with E-state index in [9.17, 15) is 0 Å². The van der Waals surface area contributed by atoms with Gasteiger partial charge >= 0.3 is 0 Å². The molecule has 1 aliphatic rings. The van der Waals surface area contributed by atoms with E-state index in [1.54, 1.807) is 0 Å². The second-order valence-electron chi connectivity index (χ2n) is 6.87. The Balaban J connectivity index is 2.07. The van der Waals surface area contributed by atoms with Crippen LogP contribution in [0.2, 0.25) is 0 Å². The standard InChI is InChI=1S/C18H33N3/c1-5-17-12-18(21(6-2)20-17)11-16(13-19-14(3)4)15-9-7-8-10-15/h12,14-16,19H,5-11,13H2,1-4H3. The molecule has 120 valence electrons. The van der Waals surface area contributed by atoms with Gasteiger partial charge in [-0.1, -0.05) is 46.5 Å². The van der Waals surface area contributed by atoms with E-state index in [0.717, 1.165) is 31.3 Å². The summed E-state index contributed by atoms with van der Waals surface area (Å²) in [5, 5.41) is 8.39. The van der Waals surface area contributed by atoms with Crippen LogP contribution < -0.4 is 5.32 Å². The first-order chi connectivity index (χ1) is 10.1. The van der Waals surface area contributed by atoms with Crippen LogP contribution in [0.25, 0.3) is 0 Å². The van der Waals surface area contributed by atoms with E-state index in [4.69, 9.17) is 5.10 Å². The smallest absolute Gasteiger partial charge is 0.0624 e. The highest BCUT2D eigenvalue weighted by Crippen LogP contribution is 2.33. The average molecular weight is 291 g/mol. The van der Waals surface area contributed by atoms with Crippen molar-refractivity contribution < 1.29 is 0 Å². The number of aryl methyl sites for hydroxylation is 2. The molecule has 0 aliphatic heterocycles. The van der Waals surface area contributed by atoms with E-state index < -0.39 is 0 Å². The molecular formula is C18H33N3. The summed E-state index contributed by atoms with van der Waals surface area (Å²) in [6.07, 6.45) is 7.92. The summed E-state index contributed by atoms with van der Waals surface area (Å²) >= 11 is 0. The molecule has 0 amide bonds. The molecule has 3 nitrogen and oxygen atoms in total. The third kappa shape index (κ3) is 4.57. The van der Waals surface area contributed by atoms with Gasteiger partial charge in [-0.25, -0.2) is 0 Å². The molecule has 1 unspecified atom stereocenters. The predicted octanol–water partition coefficient (Wildman–Crippen LogP) is 3.81. The van der Waals surface area contributed by atoms with Gasteiger partial charge in [-0.3, -0.25) is 4.68 Å². The van der Waals surface area contributed by atoms with E-state index in [-0.39, 0.29) is 0 Å². The Bertz CT molecular complexity index is 416. The molecule has 0 spiro atoms. The Morgan fingerprint density at radius 1 is 1.29 bits per heavy atom. The van der Waals surface area contributed by atoms with Crippen molar-refractivity contribution in [1.82, 2.24) is 15.1 Å². The average Bonchev–Trinajstić information content (AvgIpc) is 3.12. The zero-order chi connectivity index (χ0) is 15.2. The van der Waals surface area contributed by atoms with Crippen molar-refractivity contribution in [2.75, 3.05) is 6.54 Å². The maximum absolute atomic E-state index is 4.72. The van der Waals surface area contributed by atoms with Gasteiger partial charge in [-0.2, -0.15) is 5.10 Å². The number of nitrogens with one attached hydrogen (secondary N) is 1. The van der Waals surface area contributed by atoms with Gasteiger partial charge in [0.05, 0.1) is 5.69 Å². The minimum Gasteiger partial charge on any atom is -0.314 e. The molecule has 1 saturated carbocycles. The summed E-state index contributed by atoms with van der Waals surface area (Å²) in [7, 11) is 0. The molecule has 1 heterocycles. The third-order valence-corrected chi connectivity index (χ3v) is 4.90. The molecule has 21 heavy (non-hydrogen) atoms. The molecule has 1 aromatic rings.